The van der Waals surface area contributed by atoms with Crippen molar-refractivity contribution in [2.75, 3.05) is 24.6 Å². The minimum absolute atomic E-state index is 0.0579. The Morgan fingerprint density at radius 2 is 1.22 bits per heavy atom. The lowest BCUT2D eigenvalue weighted by atomic mass is 10.1. The number of nitrogens with two attached hydrogens (primary N) is 2. The van der Waals surface area contributed by atoms with Gasteiger partial charge in [0.2, 0.25) is 0 Å². The van der Waals surface area contributed by atoms with Crippen LogP contribution < -0.4 is 17.0 Å². The number of nitrogens with zero attached hydrogens (tertiary/aromatic N) is 4. The Morgan fingerprint density at radius 1 is 0.698 bits per heavy atom. The molecule has 3 heterocycles. The number of ether oxygens (including phenoxy) is 2. The number of benzene rings is 4. The highest BCUT2D eigenvalue weighted by Gasteiger charge is 2.38. The lowest BCUT2D eigenvalue weighted by Crippen LogP contribution is -2.43. The summed E-state index contributed by atoms with van der Waals surface area (Å²) in [7, 11) is 0. The highest BCUT2D eigenvalue weighted by Crippen LogP contribution is 2.34. The van der Waals surface area contributed by atoms with E-state index < -0.39 is 70.2 Å². The minimum atomic E-state index is -1.35. The van der Waals surface area contributed by atoms with Crippen molar-refractivity contribution in [3.05, 3.63) is 130 Å². The van der Waals surface area contributed by atoms with Crippen LogP contribution in [0.5, 0.6) is 0 Å². The van der Waals surface area contributed by atoms with Crippen LogP contribution in [0.3, 0.4) is 0 Å². The van der Waals surface area contributed by atoms with E-state index in [0.29, 0.717) is 37.4 Å². The standard InChI is InChI=1S/C23H24FN3O3.C10H17NO4.C7H6FNO2.C6H7N/c1-23(2,3)30-22(29)26-14-8-13-18(26)20-25-17-12-7-11-16(24)19(17)21(28)27(20)15-9-5-4-6-10-15;1-10(2,3)15-9(14)11-6-4-5-7(11)8(12)13;8-4-2-1-3-5(9)6(4)7(10)11;7-6-4-2-1-3-5-6/h4-7,9-12,18H,8,13-14H2,1-3H3;7H,4-6H2,1-3H3,(H,12,13);1-3H,9H2,(H,10,11);1-5H,7H2/t18-;7-;;/m00../s1. The molecule has 1 aromatic heterocycles. The Morgan fingerprint density at radius 3 is 1.73 bits per heavy atom. The maximum absolute atomic E-state index is 14.5. The summed E-state index contributed by atoms with van der Waals surface area (Å²) >= 11 is 0. The largest absolute Gasteiger partial charge is 0.480 e. The number of amides is 2. The van der Waals surface area contributed by atoms with Crippen LogP contribution in [-0.2, 0) is 14.3 Å². The lowest BCUT2D eigenvalue weighted by Gasteiger charge is -2.29. The molecule has 0 unspecified atom stereocenters. The van der Waals surface area contributed by atoms with Gasteiger partial charge in [-0.15, -0.1) is 0 Å². The molecule has 2 saturated heterocycles. The molecule has 4 aromatic carbocycles. The Bertz CT molecular complexity index is 2420. The first kappa shape index (κ1) is 48.6. The van der Waals surface area contributed by atoms with Crippen LogP contribution in [0.25, 0.3) is 16.6 Å². The molecule has 2 atom stereocenters. The maximum atomic E-state index is 14.5. The van der Waals surface area contributed by atoms with Crippen LogP contribution in [0, 0.1) is 11.6 Å². The summed E-state index contributed by atoms with van der Waals surface area (Å²) in [6.07, 6.45) is 1.64. The Balaban J connectivity index is 0.000000218. The van der Waals surface area contributed by atoms with Gasteiger partial charge in [0.15, 0.2) is 0 Å². The van der Waals surface area contributed by atoms with Gasteiger partial charge in [0, 0.05) is 24.5 Å². The molecule has 2 aliphatic heterocycles. The second-order valence-electron chi connectivity index (χ2n) is 16.5. The fraction of sp³-hybridized carbons (Fsp3) is 0.348. The average molecular weight is 873 g/mol. The van der Waals surface area contributed by atoms with Crippen molar-refractivity contribution < 1.29 is 47.6 Å². The highest BCUT2D eigenvalue weighted by molar-refractivity contribution is 5.93. The molecule has 336 valence electrons. The summed E-state index contributed by atoms with van der Waals surface area (Å²) < 4.78 is 39.3. The number of likely N-dealkylation sites (tertiary alicyclic amines) is 2. The first-order chi connectivity index (χ1) is 29.6. The number of hydrogen-bond donors (Lipinski definition) is 4. The molecule has 0 bridgehead atoms. The molecule has 0 aliphatic carbocycles. The molecule has 0 radical (unpaired) electrons. The smallest absolute Gasteiger partial charge is 0.411 e. The number of carboxylic acids is 2. The first-order valence-electron chi connectivity index (χ1n) is 20.2. The van der Waals surface area contributed by atoms with E-state index >= 15 is 0 Å². The molecular weight excluding hydrogens is 819 g/mol. The second-order valence-corrected chi connectivity index (χ2v) is 16.5. The van der Waals surface area contributed by atoms with Crippen molar-refractivity contribution in [2.45, 2.75) is 90.5 Å². The van der Waals surface area contributed by atoms with Gasteiger partial charge in [0.05, 0.1) is 17.2 Å². The molecule has 5 aromatic rings. The minimum Gasteiger partial charge on any atom is -0.480 e. The van der Waals surface area contributed by atoms with Gasteiger partial charge in [-0.3, -0.25) is 19.2 Å². The van der Waals surface area contributed by atoms with Crippen LogP contribution in [0.2, 0.25) is 0 Å². The third-order valence-electron chi connectivity index (χ3n) is 9.29. The Labute approximate surface area is 363 Å². The van der Waals surface area contributed by atoms with E-state index in [1.54, 1.807) is 56.0 Å². The van der Waals surface area contributed by atoms with E-state index in [4.69, 9.17) is 31.2 Å². The molecule has 63 heavy (non-hydrogen) atoms. The van der Waals surface area contributed by atoms with Crippen molar-refractivity contribution in [3.8, 4) is 5.69 Å². The number of aromatic nitrogens is 2. The van der Waals surface area contributed by atoms with E-state index in [1.807, 2.05) is 57.2 Å². The summed E-state index contributed by atoms with van der Waals surface area (Å²) in [5.41, 5.74) is 10.0. The molecule has 0 spiro atoms. The molecule has 6 N–H and O–H groups in total. The Kier molecular flexibility index (Phi) is 16.3. The van der Waals surface area contributed by atoms with Crippen LogP contribution >= 0.6 is 0 Å². The number of nitrogen functional groups attached to an aromatic ring is 2. The van der Waals surface area contributed by atoms with Crippen LogP contribution in [0.4, 0.5) is 29.7 Å². The van der Waals surface area contributed by atoms with Crippen molar-refractivity contribution in [2.24, 2.45) is 0 Å². The van der Waals surface area contributed by atoms with E-state index in [9.17, 15) is 32.8 Å². The number of rotatable bonds is 4. The molecule has 15 nitrogen and oxygen atoms in total. The number of fused-ring (bicyclic) bond motifs is 1. The molecule has 2 amide bonds. The summed E-state index contributed by atoms with van der Waals surface area (Å²) in [6.45, 7) is 11.7. The topological polar surface area (TPSA) is 221 Å². The summed E-state index contributed by atoms with van der Waals surface area (Å²) in [5, 5.41) is 17.2. The fourth-order valence-corrected chi connectivity index (χ4v) is 6.61. The number of para-hydroxylation sites is 2. The zero-order valence-electron chi connectivity index (χ0n) is 36.1. The van der Waals surface area contributed by atoms with Gasteiger partial charge < -0.3 is 31.2 Å². The van der Waals surface area contributed by atoms with Crippen molar-refractivity contribution in [1.29, 1.82) is 0 Å². The number of aromatic carboxylic acids is 1. The Hall–Kier alpha value is -7.04. The zero-order chi connectivity index (χ0) is 46.6. The summed E-state index contributed by atoms with van der Waals surface area (Å²) in [6, 6.07) is 25.5. The van der Waals surface area contributed by atoms with Crippen LogP contribution in [-0.4, -0.2) is 84.0 Å². The van der Waals surface area contributed by atoms with Crippen molar-refractivity contribution in [3.63, 3.8) is 0 Å². The predicted molar refractivity (Wildman–Crippen MR) is 234 cm³/mol. The van der Waals surface area contributed by atoms with Gasteiger partial charge in [-0.25, -0.2) is 32.9 Å². The van der Waals surface area contributed by atoms with Crippen molar-refractivity contribution in [1.82, 2.24) is 19.4 Å². The molecule has 17 heteroatoms. The van der Waals surface area contributed by atoms with Crippen LogP contribution in [0.1, 0.15) is 89.4 Å². The summed E-state index contributed by atoms with van der Waals surface area (Å²) in [4.78, 5) is 66.5. The third kappa shape index (κ3) is 13.5. The first-order valence-corrected chi connectivity index (χ1v) is 20.2. The number of halogens is 2. The molecule has 0 saturated carbocycles. The number of carbonyl (C=O) groups is 4. The third-order valence-corrected chi connectivity index (χ3v) is 9.29. The van der Waals surface area contributed by atoms with E-state index in [0.717, 1.165) is 24.6 Å². The van der Waals surface area contributed by atoms with Gasteiger partial charge in [0.25, 0.3) is 5.56 Å². The fourth-order valence-electron chi connectivity index (χ4n) is 6.61. The lowest BCUT2D eigenvalue weighted by molar-refractivity contribution is -0.142. The van der Waals surface area contributed by atoms with Gasteiger partial charge in [-0.2, -0.15) is 0 Å². The second kappa shape index (κ2) is 21.2. The SMILES string of the molecule is CC(C)(C)OC(=O)N1CCC[C@H]1C(=O)O.CC(C)(C)OC(=O)N1CCC[C@H]1c1nc2cccc(F)c2c(=O)n1-c1ccccc1.Nc1cccc(F)c1C(=O)O.Nc1ccccc1. The number of hydrogen-bond acceptors (Lipinski definition) is 10. The van der Waals surface area contributed by atoms with E-state index in [2.05, 4.69) is 4.98 Å². The molecule has 2 aliphatic rings. The zero-order valence-corrected chi connectivity index (χ0v) is 36.1. The highest BCUT2D eigenvalue weighted by atomic mass is 19.1. The predicted octanol–water partition coefficient (Wildman–Crippen LogP) is 8.44. The molecular formula is C46H54F2N6O9. The van der Waals surface area contributed by atoms with Crippen molar-refractivity contribution >= 4 is 46.4 Å². The van der Waals surface area contributed by atoms with Gasteiger partial charge in [0.1, 0.15) is 45.7 Å². The number of aliphatic carboxylic acids is 1. The number of carboxylic acid groups (broad SMARTS) is 2. The van der Waals surface area contributed by atoms with Gasteiger partial charge in [-0.1, -0.05) is 48.5 Å². The molecule has 2 fully saturated rings. The van der Waals surface area contributed by atoms with Crippen LogP contribution in [0.15, 0.2) is 102 Å². The van der Waals surface area contributed by atoms with Gasteiger partial charge >= 0.3 is 24.1 Å². The van der Waals surface area contributed by atoms with Gasteiger partial charge in [-0.05, 0) is 116 Å². The van der Waals surface area contributed by atoms with E-state index in [-0.39, 0.29) is 16.6 Å². The average Bonchev–Trinajstić information content (AvgIpc) is 3.90. The molecule has 7 rings (SSSR count). The van der Waals surface area contributed by atoms with E-state index in [1.165, 1.54) is 33.7 Å². The monoisotopic (exact) mass is 872 g/mol. The quantitative estimate of drug-likeness (QED) is 0.125. The number of anilines is 2. The number of carbonyl (C=O) groups excluding carboxylic acids is 2. The maximum Gasteiger partial charge on any atom is 0.411 e. The normalized spacial score (nSPS) is 15.7. The summed E-state index contributed by atoms with van der Waals surface area (Å²) in [5.74, 6) is -3.32.